The molecule has 2 aromatic rings. The molecule has 0 heterocycles. The van der Waals surface area contributed by atoms with Gasteiger partial charge in [-0.3, -0.25) is 4.79 Å². The highest BCUT2D eigenvalue weighted by atomic mass is 16.5. The van der Waals surface area contributed by atoms with E-state index in [1.807, 2.05) is 39.0 Å². The number of hydrogen-bond acceptors (Lipinski definition) is 3. The van der Waals surface area contributed by atoms with E-state index in [0.717, 1.165) is 17.0 Å². The van der Waals surface area contributed by atoms with Crippen molar-refractivity contribution in [3.8, 4) is 11.5 Å². The topological polar surface area (TPSA) is 47.6 Å². The zero-order chi connectivity index (χ0) is 16.8. The number of carbonyl (C=O) groups excluding carboxylic acids is 1. The molecule has 23 heavy (non-hydrogen) atoms. The Hall–Kier alpha value is -2.49. The maximum absolute atomic E-state index is 12.4. The van der Waals surface area contributed by atoms with E-state index < -0.39 is 6.10 Å². The highest BCUT2D eigenvalue weighted by molar-refractivity contribution is 5.94. The standard InChI is InChI=1S/C19H23NO3/c1-5-18(23-17-9-6-13(2)14(3)12-17)19(21)20-15-7-10-16(22-4)11-8-15/h6-12,18H,5H2,1-4H3,(H,20,21). The summed E-state index contributed by atoms with van der Waals surface area (Å²) >= 11 is 0. The van der Waals surface area contributed by atoms with E-state index in [9.17, 15) is 4.79 Å². The van der Waals surface area contributed by atoms with E-state index in [-0.39, 0.29) is 5.91 Å². The molecule has 2 aromatic carbocycles. The Morgan fingerprint density at radius 2 is 1.70 bits per heavy atom. The van der Waals surface area contributed by atoms with Crippen LogP contribution in [0, 0.1) is 13.8 Å². The molecule has 0 aromatic heterocycles. The van der Waals surface area contributed by atoms with Gasteiger partial charge in [-0.1, -0.05) is 13.0 Å². The molecule has 0 aliphatic carbocycles. The lowest BCUT2D eigenvalue weighted by molar-refractivity contribution is -0.122. The smallest absolute Gasteiger partial charge is 0.265 e. The summed E-state index contributed by atoms with van der Waals surface area (Å²) in [6.07, 6.45) is 0.0637. The largest absolute Gasteiger partial charge is 0.497 e. The van der Waals surface area contributed by atoms with Gasteiger partial charge in [0, 0.05) is 5.69 Å². The molecule has 1 N–H and O–H groups in total. The Kier molecular flexibility index (Phi) is 5.63. The molecule has 0 saturated heterocycles. The second-order valence-corrected chi connectivity index (χ2v) is 5.48. The summed E-state index contributed by atoms with van der Waals surface area (Å²) in [5.74, 6) is 1.31. The fraction of sp³-hybridized carbons (Fsp3) is 0.316. The van der Waals surface area contributed by atoms with Crippen molar-refractivity contribution >= 4 is 11.6 Å². The van der Waals surface area contributed by atoms with Crippen molar-refractivity contribution in [2.75, 3.05) is 12.4 Å². The van der Waals surface area contributed by atoms with Gasteiger partial charge in [-0.05, 0) is 67.8 Å². The third-order valence-electron chi connectivity index (χ3n) is 3.78. The van der Waals surface area contributed by atoms with E-state index in [4.69, 9.17) is 9.47 Å². The van der Waals surface area contributed by atoms with E-state index in [2.05, 4.69) is 5.32 Å². The predicted octanol–water partition coefficient (Wildman–Crippen LogP) is 4.11. The van der Waals surface area contributed by atoms with Gasteiger partial charge in [0.15, 0.2) is 6.10 Å². The van der Waals surface area contributed by atoms with E-state index in [1.54, 1.807) is 31.4 Å². The molecule has 0 aliphatic heterocycles. The molecule has 0 bridgehead atoms. The molecule has 0 saturated carbocycles. The lowest BCUT2D eigenvalue weighted by atomic mass is 10.1. The van der Waals surface area contributed by atoms with Crippen LogP contribution < -0.4 is 14.8 Å². The first kappa shape index (κ1) is 16.9. The van der Waals surface area contributed by atoms with Crippen LogP contribution in [0.2, 0.25) is 0 Å². The van der Waals surface area contributed by atoms with Crippen LogP contribution in [0.3, 0.4) is 0 Å². The summed E-state index contributed by atoms with van der Waals surface area (Å²) in [6.45, 7) is 6.01. The van der Waals surface area contributed by atoms with Gasteiger partial charge in [-0.25, -0.2) is 0 Å². The molecule has 0 radical (unpaired) electrons. The quantitative estimate of drug-likeness (QED) is 0.873. The summed E-state index contributed by atoms with van der Waals surface area (Å²) < 4.78 is 10.9. The van der Waals surface area contributed by atoms with Gasteiger partial charge in [-0.15, -0.1) is 0 Å². The van der Waals surface area contributed by atoms with Gasteiger partial charge >= 0.3 is 0 Å². The van der Waals surface area contributed by atoms with Crippen molar-refractivity contribution in [3.05, 3.63) is 53.6 Å². The molecule has 1 unspecified atom stereocenters. The summed E-state index contributed by atoms with van der Waals surface area (Å²) in [4.78, 5) is 12.4. The zero-order valence-corrected chi connectivity index (χ0v) is 14.1. The minimum atomic E-state index is -0.529. The number of aryl methyl sites for hydroxylation is 2. The Balaban J connectivity index is 2.03. The summed E-state index contributed by atoms with van der Waals surface area (Å²) in [5.41, 5.74) is 3.07. The number of ether oxygens (including phenoxy) is 2. The van der Waals surface area contributed by atoms with Gasteiger partial charge in [0.1, 0.15) is 11.5 Å². The molecule has 0 spiro atoms. The first-order valence-corrected chi connectivity index (χ1v) is 7.72. The number of carbonyl (C=O) groups is 1. The van der Waals surface area contributed by atoms with Crippen LogP contribution in [0.25, 0.3) is 0 Å². The maximum atomic E-state index is 12.4. The van der Waals surface area contributed by atoms with E-state index in [0.29, 0.717) is 12.2 Å². The summed E-state index contributed by atoms with van der Waals surface area (Å²) in [7, 11) is 1.61. The number of benzene rings is 2. The minimum absolute atomic E-state index is 0.157. The molecule has 0 aliphatic rings. The average molecular weight is 313 g/mol. The van der Waals surface area contributed by atoms with Crippen molar-refractivity contribution in [2.45, 2.75) is 33.3 Å². The molecule has 4 heteroatoms. The molecular formula is C19H23NO3. The second-order valence-electron chi connectivity index (χ2n) is 5.48. The van der Waals surface area contributed by atoms with Crippen LogP contribution in [0.4, 0.5) is 5.69 Å². The van der Waals surface area contributed by atoms with Crippen molar-refractivity contribution in [1.29, 1.82) is 0 Å². The molecule has 122 valence electrons. The minimum Gasteiger partial charge on any atom is -0.497 e. The Morgan fingerprint density at radius 3 is 2.26 bits per heavy atom. The molecule has 2 rings (SSSR count). The SMILES string of the molecule is CCC(Oc1ccc(C)c(C)c1)C(=O)Nc1ccc(OC)cc1. The fourth-order valence-corrected chi connectivity index (χ4v) is 2.17. The van der Waals surface area contributed by atoms with Crippen LogP contribution in [0.15, 0.2) is 42.5 Å². The summed E-state index contributed by atoms with van der Waals surface area (Å²) in [5, 5.41) is 2.87. The molecule has 1 amide bonds. The normalized spacial score (nSPS) is 11.7. The molecule has 0 fully saturated rings. The Bertz CT molecular complexity index is 665. The highest BCUT2D eigenvalue weighted by Gasteiger charge is 2.18. The van der Waals surface area contributed by atoms with Crippen LogP contribution in [-0.2, 0) is 4.79 Å². The molecular weight excluding hydrogens is 290 g/mol. The van der Waals surface area contributed by atoms with E-state index in [1.165, 1.54) is 5.56 Å². The van der Waals surface area contributed by atoms with E-state index >= 15 is 0 Å². The third-order valence-corrected chi connectivity index (χ3v) is 3.78. The van der Waals surface area contributed by atoms with Crippen molar-refractivity contribution < 1.29 is 14.3 Å². The fourth-order valence-electron chi connectivity index (χ4n) is 2.17. The van der Waals surface area contributed by atoms with Gasteiger partial charge in [0.05, 0.1) is 7.11 Å². The second kappa shape index (κ2) is 7.68. The predicted molar refractivity (Wildman–Crippen MR) is 92.2 cm³/mol. The number of rotatable bonds is 6. The van der Waals surface area contributed by atoms with Crippen LogP contribution in [0.5, 0.6) is 11.5 Å². The average Bonchev–Trinajstić information content (AvgIpc) is 2.56. The van der Waals surface area contributed by atoms with Crippen LogP contribution >= 0.6 is 0 Å². The monoisotopic (exact) mass is 313 g/mol. The maximum Gasteiger partial charge on any atom is 0.265 e. The lowest BCUT2D eigenvalue weighted by Crippen LogP contribution is -2.32. The Labute approximate surface area is 137 Å². The summed E-state index contributed by atoms with van der Waals surface area (Å²) in [6, 6.07) is 13.1. The molecule has 4 nitrogen and oxygen atoms in total. The first-order valence-electron chi connectivity index (χ1n) is 7.72. The van der Waals surface area contributed by atoms with Gasteiger partial charge in [0.2, 0.25) is 0 Å². The van der Waals surface area contributed by atoms with Gasteiger partial charge in [0.25, 0.3) is 5.91 Å². The van der Waals surface area contributed by atoms with Crippen molar-refractivity contribution in [2.24, 2.45) is 0 Å². The number of anilines is 1. The number of methoxy groups -OCH3 is 1. The lowest BCUT2D eigenvalue weighted by Gasteiger charge is -2.18. The first-order chi connectivity index (χ1) is 11.0. The van der Waals surface area contributed by atoms with Gasteiger partial charge in [-0.2, -0.15) is 0 Å². The zero-order valence-electron chi connectivity index (χ0n) is 14.1. The van der Waals surface area contributed by atoms with Crippen molar-refractivity contribution in [1.82, 2.24) is 0 Å². The van der Waals surface area contributed by atoms with Crippen LogP contribution in [-0.4, -0.2) is 19.1 Å². The highest BCUT2D eigenvalue weighted by Crippen LogP contribution is 2.20. The van der Waals surface area contributed by atoms with Gasteiger partial charge < -0.3 is 14.8 Å². The Morgan fingerprint density at radius 1 is 1.04 bits per heavy atom. The third kappa shape index (κ3) is 4.49. The number of nitrogens with one attached hydrogen (secondary N) is 1. The molecule has 1 atom stereocenters. The number of hydrogen-bond donors (Lipinski definition) is 1. The van der Waals surface area contributed by atoms with Crippen molar-refractivity contribution in [3.63, 3.8) is 0 Å². The van der Waals surface area contributed by atoms with Crippen LogP contribution in [0.1, 0.15) is 24.5 Å². The number of amides is 1.